The van der Waals surface area contributed by atoms with Gasteiger partial charge in [-0.1, -0.05) is 62.2 Å². The second-order valence-electron chi connectivity index (χ2n) is 8.45. The maximum atomic E-state index is 14.3. The molecular weight excluding hydrogens is 391 g/mol. The van der Waals surface area contributed by atoms with Gasteiger partial charge >= 0.3 is 0 Å². The molecule has 0 spiro atoms. The Bertz CT molecular complexity index is 875. The lowest BCUT2D eigenvalue weighted by Crippen LogP contribution is -2.49. The van der Waals surface area contributed by atoms with E-state index in [1.807, 2.05) is 12.1 Å². The van der Waals surface area contributed by atoms with Crippen molar-refractivity contribution in [1.82, 2.24) is 10.2 Å². The van der Waals surface area contributed by atoms with Gasteiger partial charge in [-0.2, -0.15) is 0 Å². The Balaban J connectivity index is 1.70. The van der Waals surface area contributed by atoms with Crippen LogP contribution in [-0.2, 0) is 29.0 Å². The molecule has 5 heteroatoms. The van der Waals surface area contributed by atoms with E-state index >= 15 is 0 Å². The maximum absolute atomic E-state index is 14.3. The lowest BCUT2D eigenvalue weighted by Gasteiger charge is -2.30. The molecular formula is C26H33FN2O2. The van der Waals surface area contributed by atoms with Crippen molar-refractivity contribution in [2.24, 2.45) is 0 Å². The Labute approximate surface area is 184 Å². The Morgan fingerprint density at radius 2 is 1.71 bits per heavy atom. The number of nitrogens with zero attached hydrogens (tertiary/aromatic N) is 1. The van der Waals surface area contributed by atoms with Crippen LogP contribution in [0.5, 0.6) is 0 Å². The van der Waals surface area contributed by atoms with Crippen molar-refractivity contribution in [3.63, 3.8) is 0 Å². The Hall–Kier alpha value is -2.69. The first-order valence-electron chi connectivity index (χ1n) is 11.4. The van der Waals surface area contributed by atoms with Crippen LogP contribution in [0.15, 0.2) is 48.5 Å². The van der Waals surface area contributed by atoms with Crippen molar-refractivity contribution in [2.75, 3.05) is 0 Å². The first kappa shape index (κ1) is 23.0. The van der Waals surface area contributed by atoms with Crippen LogP contribution >= 0.6 is 0 Å². The Morgan fingerprint density at radius 3 is 2.35 bits per heavy atom. The van der Waals surface area contributed by atoms with Crippen LogP contribution in [0.3, 0.4) is 0 Å². The largest absolute Gasteiger partial charge is 0.352 e. The van der Waals surface area contributed by atoms with E-state index in [1.54, 1.807) is 25.1 Å². The number of aryl methyl sites for hydroxylation is 2. The van der Waals surface area contributed by atoms with Gasteiger partial charge in [-0.15, -0.1) is 0 Å². The highest BCUT2D eigenvalue weighted by Gasteiger charge is 2.28. The number of amides is 2. The summed E-state index contributed by atoms with van der Waals surface area (Å²) in [4.78, 5) is 27.5. The highest BCUT2D eigenvalue weighted by molar-refractivity contribution is 5.87. The standard InChI is InChI=1S/C26H33FN2O2/c1-3-20-12-14-21(15-13-20)16-17-25(30)29(18-22-8-4-7-11-24(22)27)19(2)26(31)28-23-9-5-6-10-23/h4,7-8,11-15,19,23H,3,5-6,9-10,16-18H2,1-2H3,(H,28,31)/t19-/m0/s1. The van der Waals surface area contributed by atoms with Crippen molar-refractivity contribution in [3.05, 3.63) is 71.0 Å². The third-order valence-electron chi connectivity index (χ3n) is 6.23. The molecule has 4 nitrogen and oxygen atoms in total. The van der Waals surface area contributed by atoms with Gasteiger partial charge in [0.15, 0.2) is 0 Å². The molecule has 0 aromatic heterocycles. The molecule has 0 saturated heterocycles. The van der Waals surface area contributed by atoms with Crippen LogP contribution in [0.1, 0.15) is 62.6 Å². The van der Waals surface area contributed by atoms with Crippen LogP contribution < -0.4 is 5.32 Å². The predicted octanol–water partition coefficient (Wildman–Crippen LogP) is 4.80. The summed E-state index contributed by atoms with van der Waals surface area (Å²) in [6, 6.07) is 14.2. The lowest BCUT2D eigenvalue weighted by atomic mass is 10.0. The number of nitrogens with one attached hydrogen (secondary N) is 1. The molecule has 0 unspecified atom stereocenters. The van der Waals surface area contributed by atoms with Crippen LogP contribution in [-0.4, -0.2) is 28.8 Å². The summed E-state index contributed by atoms with van der Waals surface area (Å²) in [5.74, 6) is -0.667. The van der Waals surface area contributed by atoms with Crippen molar-refractivity contribution in [3.8, 4) is 0 Å². The lowest BCUT2D eigenvalue weighted by molar-refractivity contribution is -0.140. The number of halogens is 1. The highest BCUT2D eigenvalue weighted by atomic mass is 19.1. The minimum atomic E-state index is -0.657. The van der Waals surface area contributed by atoms with Gasteiger partial charge < -0.3 is 10.2 Å². The van der Waals surface area contributed by atoms with Gasteiger partial charge in [-0.3, -0.25) is 9.59 Å². The molecule has 1 fully saturated rings. The van der Waals surface area contributed by atoms with Gasteiger partial charge in [-0.05, 0) is 49.8 Å². The van der Waals surface area contributed by atoms with Gasteiger partial charge in [0, 0.05) is 24.6 Å². The van der Waals surface area contributed by atoms with Gasteiger partial charge in [-0.25, -0.2) is 4.39 Å². The van der Waals surface area contributed by atoms with Crippen molar-refractivity contribution in [2.45, 2.75) is 77.4 Å². The fourth-order valence-corrected chi connectivity index (χ4v) is 4.12. The summed E-state index contributed by atoms with van der Waals surface area (Å²) in [5, 5.41) is 3.07. The van der Waals surface area contributed by atoms with Crippen LogP contribution in [0, 0.1) is 5.82 Å². The summed E-state index contributed by atoms with van der Waals surface area (Å²) in [7, 11) is 0. The quantitative estimate of drug-likeness (QED) is 0.629. The zero-order valence-electron chi connectivity index (χ0n) is 18.6. The molecule has 1 N–H and O–H groups in total. The number of carbonyl (C=O) groups is 2. The van der Waals surface area contributed by atoms with E-state index in [2.05, 4.69) is 24.4 Å². The molecule has 2 aromatic carbocycles. The Morgan fingerprint density at radius 1 is 1.06 bits per heavy atom. The van der Waals surface area contributed by atoms with E-state index in [0.717, 1.165) is 37.7 Å². The summed E-state index contributed by atoms with van der Waals surface area (Å²) in [5.41, 5.74) is 2.76. The highest BCUT2D eigenvalue weighted by Crippen LogP contribution is 2.19. The number of carbonyl (C=O) groups excluding carboxylic acids is 2. The predicted molar refractivity (Wildman–Crippen MR) is 121 cm³/mol. The SMILES string of the molecule is CCc1ccc(CCC(=O)N(Cc2ccccc2F)[C@@H](C)C(=O)NC2CCCC2)cc1. The summed E-state index contributed by atoms with van der Waals surface area (Å²) >= 11 is 0. The first-order valence-corrected chi connectivity index (χ1v) is 11.4. The molecule has 1 saturated carbocycles. The average molecular weight is 425 g/mol. The molecule has 31 heavy (non-hydrogen) atoms. The molecule has 166 valence electrons. The average Bonchev–Trinajstić information content (AvgIpc) is 3.30. The van der Waals surface area contributed by atoms with Crippen molar-refractivity contribution >= 4 is 11.8 Å². The smallest absolute Gasteiger partial charge is 0.242 e. The summed E-state index contributed by atoms with van der Waals surface area (Å²) in [6.07, 6.45) is 6.04. The van der Waals surface area contributed by atoms with Gasteiger partial charge in [0.25, 0.3) is 0 Å². The molecule has 1 aliphatic rings. The molecule has 3 rings (SSSR count). The Kier molecular flexibility index (Phi) is 8.21. The fraction of sp³-hybridized carbons (Fsp3) is 0.462. The number of benzene rings is 2. The molecule has 0 radical (unpaired) electrons. The van der Waals surface area contributed by atoms with E-state index in [1.165, 1.54) is 16.5 Å². The third-order valence-corrected chi connectivity index (χ3v) is 6.23. The third kappa shape index (κ3) is 6.39. The minimum absolute atomic E-state index is 0.0829. The fourth-order valence-electron chi connectivity index (χ4n) is 4.12. The molecule has 2 amide bonds. The van der Waals surface area contributed by atoms with Crippen LogP contribution in [0.25, 0.3) is 0 Å². The number of rotatable bonds is 9. The maximum Gasteiger partial charge on any atom is 0.242 e. The number of hydrogen-bond acceptors (Lipinski definition) is 2. The second-order valence-corrected chi connectivity index (χ2v) is 8.45. The van der Waals surface area contributed by atoms with E-state index < -0.39 is 6.04 Å². The normalized spacial score (nSPS) is 14.9. The minimum Gasteiger partial charge on any atom is -0.352 e. The molecule has 0 heterocycles. The van der Waals surface area contributed by atoms with E-state index in [9.17, 15) is 14.0 Å². The number of hydrogen-bond donors (Lipinski definition) is 1. The van der Waals surface area contributed by atoms with Crippen LogP contribution in [0.2, 0.25) is 0 Å². The topological polar surface area (TPSA) is 49.4 Å². The van der Waals surface area contributed by atoms with Gasteiger partial charge in [0.1, 0.15) is 11.9 Å². The molecule has 0 aliphatic heterocycles. The van der Waals surface area contributed by atoms with E-state index in [-0.39, 0.29) is 36.6 Å². The monoisotopic (exact) mass is 424 g/mol. The van der Waals surface area contributed by atoms with E-state index in [4.69, 9.17) is 0 Å². The molecule has 1 atom stereocenters. The van der Waals surface area contributed by atoms with Crippen molar-refractivity contribution in [1.29, 1.82) is 0 Å². The molecule has 2 aromatic rings. The van der Waals surface area contributed by atoms with Crippen molar-refractivity contribution < 1.29 is 14.0 Å². The second kappa shape index (κ2) is 11.1. The summed E-state index contributed by atoms with van der Waals surface area (Å²) < 4.78 is 14.3. The molecule has 1 aliphatic carbocycles. The first-order chi connectivity index (χ1) is 15.0. The zero-order chi connectivity index (χ0) is 22.2. The summed E-state index contributed by atoms with van der Waals surface area (Å²) in [6.45, 7) is 3.93. The molecule has 0 bridgehead atoms. The van der Waals surface area contributed by atoms with Crippen LogP contribution in [0.4, 0.5) is 4.39 Å². The van der Waals surface area contributed by atoms with Gasteiger partial charge in [0.2, 0.25) is 11.8 Å². The van der Waals surface area contributed by atoms with Gasteiger partial charge in [0.05, 0.1) is 0 Å². The zero-order valence-corrected chi connectivity index (χ0v) is 18.6. The van der Waals surface area contributed by atoms with E-state index in [0.29, 0.717) is 12.0 Å².